The first-order valence-electron chi connectivity index (χ1n) is 7.60. The molecule has 120 valence electrons. The molecule has 1 fully saturated rings. The van der Waals surface area contributed by atoms with Gasteiger partial charge >= 0.3 is 5.97 Å². The van der Waals surface area contributed by atoms with E-state index in [2.05, 4.69) is 10.2 Å². The first-order valence-corrected chi connectivity index (χ1v) is 7.60. The normalized spacial score (nSPS) is 20.7. The Morgan fingerprint density at radius 2 is 1.96 bits per heavy atom. The summed E-state index contributed by atoms with van der Waals surface area (Å²) < 4.78 is 0. The number of nitrogens with zero attached hydrogens (tertiary/aromatic N) is 2. The van der Waals surface area contributed by atoms with Gasteiger partial charge in [0, 0.05) is 18.7 Å². The van der Waals surface area contributed by atoms with Gasteiger partial charge in [-0.1, -0.05) is 36.8 Å². The van der Waals surface area contributed by atoms with Gasteiger partial charge in [-0.25, -0.2) is 0 Å². The molecule has 2 N–H and O–H groups in total. The smallest absolute Gasteiger partial charge is 0.308 e. The largest absolute Gasteiger partial charge is 0.481 e. The van der Waals surface area contributed by atoms with Crippen LogP contribution in [-0.4, -0.2) is 45.2 Å². The Labute approximate surface area is 134 Å². The van der Waals surface area contributed by atoms with Gasteiger partial charge in [-0.15, -0.1) is 0 Å². The molecule has 1 aromatic carbocycles. The van der Waals surface area contributed by atoms with Crippen LogP contribution in [0.3, 0.4) is 0 Å². The molecule has 1 amide bonds. The van der Waals surface area contributed by atoms with E-state index in [9.17, 15) is 14.7 Å². The van der Waals surface area contributed by atoms with Crippen LogP contribution in [0.4, 0.5) is 0 Å². The lowest BCUT2D eigenvalue weighted by Gasteiger charge is -2.14. The average Bonchev–Trinajstić information content (AvgIpc) is 3.14. The SMILES string of the molecule is Cc1ccc(-c2cc(C(=O)N3C[C@@H](C)[C@H](C(=O)O)C3)[nH]n2)cc1. The highest BCUT2D eigenvalue weighted by molar-refractivity contribution is 5.94. The number of aryl methyl sites for hydroxylation is 1. The minimum absolute atomic E-state index is 0.0454. The Kier molecular flexibility index (Phi) is 3.90. The number of carbonyl (C=O) groups is 2. The molecule has 3 rings (SSSR count). The highest BCUT2D eigenvalue weighted by Crippen LogP contribution is 2.25. The van der Waals surface area contributed by atoms with E-state index < -0.39 is 11.9 Å². The molecule has 1 aliphatic rings. The van der Waals surface area contributed by atoms with E-state index in [0.717, 1.165) is 11.1 Å². The van der Waals surface area contributed by atoms with Crippen LogP contribution in [0.25, 0.3) is 11.3 Å². The molecule has 2 atom stereocenters. The second-order valence-electron chi connectivity index (χ2n) is 6.17. The Bertz CT molecular complexity index is 736. The molecule has 23 heavy (non-hydrogen) atoms. The van der Waals surface area contributed by atoms with Crippen LogP contribution in [0.15, 0.2) is 30.3 Å². The maximum absolute atomic E-state index is 12.5. The number of carbonyl (C=O) groups excluding carboxylic acids is 1. The number of likely N-dealkylation sites (tertiary alicyclic amines) is 1. The molecule has 1 aliphatic heterocycles. The molecule has 1 saturated heterocycles. The van der Waals surface area contributed by atoms with Crippen LogP contribution >= 0.6 is 0 Å². The van der Waals surface area contributed by atoms with Crippen molar-refractivity contribution in [1.29, 1.82) is 0 Å². The number of carboxylic acid groups (broad SMARTS) is 1. The number of H-pyrrole nitrogens is 1. The van der Waals surface area contributed by atoms with Crippen LogP contribution in [0.5, 0.6) is 0 Å². The minimum Gasteiger partial charge on any atom is -0.481 e. The van der Waals surface area contributed by atoms with E-state index in [-0.39, 0.29) is 18.4 Å². The minimum atomic E-state index is -0.849. The van der Waals surface area contributed by atoms with Crippen LogP contribution in [-0.2, 0) is 4.79 Å². The summed E-state index contributed by atoms with van der Waals surface area (Å²) in [7, 11) is 0. The van der Waals surface area contributed by atoms with Gasteiger partial charge in [0.25, 0.3) is 5.91 Å². The van der Waals surface area contributed by atoms with Crippen molar-refractivity contribution in [1.82, 2.24) is 15.1 Å². The van der Waals surface area contributed by atoms with Crippen molar-refractivity contribution in [2.75, 3.05) is 13.1 Å². The number of aromatic nitrogens is 2. The van der Waals surface area contributed by atoms with Gasteiger partial charge in [0.2, 0.25) is 0 Å². The third-order valence-electron chi connectivity index (χ3n) is 4.37. The number of hydrogen-bond acceptors (Lipinski definition) is 3. The van der Waals surface area contributed by atoms with E-state index in [1.54, 1.807) is 11.0 Å². The highest BCUT2D eigenvalue weighted by atomic mass is 16.4. The lowest BCUT2D eigenvalue weighted by molar-refractivity contribution is -0.142. The molecular weight excluding hydrogens is 294 g/mol. The summed E-state index contributed by atoms with van der Waals surface area (Å²) >= 11 is 0. The van der Waals surface area contributed by atoms with E-state index in [0.29, 0.717) is 17.9 Å². The Balaban J connectivity index is 1.77. The summed E-state index contributed by atoms with van der Waals surface area (Å²) in [5.74, 6) is -1.60. The predicted octanol–water partition coefficient (Wildman–Crippen LogP) is 2.18. The van der Waals surface area contributed by atoms with Gasteiger partial charge < -0.3 is 10.0 Å². The molecule has 6 nitrogen and oxygen atoms in total. The van der Waals surface area contributed by atoms with Crippen LogP contribution < -0.4 is 0 Å². The number of nitrogens with one attached hydrogen (secondary N) is 1. The molecule has 6 heteroatoms. The van der Waals surface area contributed by atoms with Crippen molar-refractivity contribution in [3.8, 4) is 11.3 Å². The van der Waals surface area contributed by atoms with E-state index in [1.807, 2.05) is 38.1 Å². The number of carboxylic acids is 1. The number of benzene rings is 1. The van der Waals surface area contributed by atoms with Crippen molar-refractivity contribution in [3.05, 3.63) is 41.6 Å². The number of rotatable bonds is 3. The van der Waals surface area contributed by atoms with E-state index in [1.165, 1.54) is 0 Å². The zero-order chi connectivity index (χ0) is 16.6. The van der Waals surface area contributed by atoms with Crippen LogP contribution in [0.1, 0.15) is 23.0 Å². The predicted molar refractivity (Wildman–Crippen MR) is 85.0 cm³/mol. The maximum atomic E-state index is 12.5. The second kappa shape index (κ2) is 5.87. The molecule has 0 bridgehead atoms. The van der Waals surface area contributed by atoms with Crippen LogP contribution in [0, 0.1) is 18.8 Å². The Hall–Kier alpha value is -2.63. The second-order valence-corrected chi connectivity index (χ2v) is 6.17. The number of aliphatic carboxylic acids is 1. The third kappa shape index (κ3) is 2.97. The zero-order valence-electron chi connectivity index (χ0n) is 13.1. The lowest BCUT2D eigenvalue weighted by Crippen LogP contribution is -2.30. The topological polar surface area (TPSA) is 86.3 Å². The summed E-state index contributed by atoms with van der Waals surface area (Å²) in [4.78, 5) is 25.3. The number of amides is 1. The Morgan fingerprint density at radius 3 is 2.57 bits per heavy atom. The van der Waals surface area contributed by atoms with Gasteiger partial charge in [0.05, 0.1) is 11.6 Å². The monoisotopic (exact) mass is 313 g/mol. The van der Waals surface area contributed by atoms with Crippen molar-refractivity contribution < 1.29 is 14.7 Å². The first-order chi connectivity index (χ1) is 11.0. The summed E-state index contributed by atoms with van der Waals surface area (Å²) in [6, 6.07) is 9.61. The van der Waals surface area contributed by atoms with Gasteiger partial charge in [-0.2, -0.15) is 5.10 Å². The lowest BCUT2D eigenvalue weighted by atomic mass is 9.99. The van der Waals surface area contributed by atoms with Gasteiger partial charge in [0.1, 0.15) is 5.69 Å². The molecule has 0 saturated carbocycles. The molecule has 0 radical (unpaired) electrons. The summed E-state index contributed by atoms with van der Waals surface area (Å²) in [5.41, 5.74) is 3.18. The molecule has 1 aromatic heterocycles. The van der Waals surface area contributed by atoms with Crippen molar-refractivity contribution >= 4 is 11.9 Å². The quantitative estimate of drug-likeness (QED) is 0.909. The number of aromatic amines is 1. The summed E-state index contributed by atoms with van der Waals surface area (Å²) in [6.45, 7) is 4.57. The molecule has 0 aliphatic carbocycles. The van der Waals surface area contributed by atoms with Crippen molar-refractivity contribution in [2.24, 2.45) is 11.8 Å². The van der Waals surface area contributed by atoms with Crippen molar-refractivity contribution in [2.45, 2.75) is 13.8 Å². The fourth-order valence-electron chi connectivity index (χ4n) is 2.93. The van der Waals surface area contributed by atoms with Crippen LogP contribution in [0.2, 0.25) is 0 Å². The standard InChI is InChI=1S/C17H19N3O3/c1-10-3-5-12(6-4-10)14-7-15(19-18-14)16(21)20-8-11(2)13(9-20)17(22)23/h3-7,11,13H,8-9H2,1-2H3,(H,18,19)(H,22,23)/t11-,13-/m1/s1. The molecule has 0 unspecified atom stereocenters. The fourth-order valence-corrected chi connectivity index (χ4v) is 2.93. The van der Waals surface area contributed by atoms with Gasteiger partial charge in [-0.3, -0.25) is 14.7 Å². The maximum Gasteiger partial charge on any atom is 0.308 e. The zero-order valence-corrected chi connectivity index (χ0v) is 13.1. The fraction of sp³-hybridized carbons (Fsp3) is 0.353. The number of hydrogen-bond donors (Lipinski definition) is 2. The van der Waals surface area contributed by atoms with E-state index in [4.69, 9.17) is 0 Å². The van der Waals surface area contributed by atoms with Gasteiger partial charge in [-0.05, 0) is 18.9 Å². The molecule has 2 heterocycles. The molecule has 2 aromatic rings. The van der Waals surface area contributed by atoms with E-state index >= 15 is 0 Å². The highest BCUT2D eigenvalue weighted by Gasteiger charge is 2.37. The molecular formula is C17H19N3O3. The van der Waals surface area contributed by atoms with Crippen molar-refractivity contribution in [3.63, 3.8) is 0 Å². The summed E-state index contributed by atoms with van der Waals surface area (Å²) in [5, 5.41) is 16.1. The molecule has 0 spiro atoms. The third-order valence-corrected chi connectivity index (χ3v) is 4.37. The van der Waals surface area contributed by atoms with Gasteiger partial charge in [0.15, 0.2) is 0 Å². The first kappa shape index (κ1) is 15.3. The summed E-state index contributed by atoms with van der Waals surface area (Å²) in [6.07, 6.45) is 0. The Morgan fingerprint density at radius 1 is 1.26 bits per heavy atom. The average molecular weight is 313 g/mol.